The predicted octanol–water partition coefficient (Wildman–Crippen LogP) is 3.42. The Labute approximate surface area is 172 Å². The molecule has 1 fully saturated rings. The highest BCUT2D eigenvalue weighted by Gasteiger charge is 2.32. The molecule has 11 heteroatoms. The van der Waals surface area contributed by atoms with E-state index in [1.807, 2.05) is 4.68 Å². The Morgan fingerprint density at radius 2 is 1.80 bits per heavy atom. The van der Waals surface area contributed by atoms with Gasteiger partial charge in [-0.3, -0.25) is 4.90 Å². The standard InChI is InChI=1S/C19H25F3N8/c1-4-18(2,3)30-17(24-25-27-30)12-28-9-7-14(8-10-28)29-16-6-5-13(19(20,21)22)11-15(16)23-26-29/h5-6,11,14H,4,7-10,12H2,1-3H3. The number of halogens is 3. The van der Waals surface area contributed by atoms with Gasteiger partial charge in [-0.05, 0) is 61.7 Å². The molecule has 0 amide bonds. The molecule has 0 atom stereocenters. The summed E-state index contributed by atoms with van der Waals surface area (Å²) in [7, 11) is 0. The fourth-order valence-corrected chi connectivity index (χ4v) is 3.83. The summed E-state index contributed by atoms with van der Waals surface area (Å²) in [6.07, 6.45) is -1.80. The Bertz CT molecular complexity index is 1010. The molecule has 0 bridgehead atoms. The lowest BCUT2D eigenvalue weighted by Gasteiger charge is -2.32. The van der Waals surface area contributed by atoms with E-state index in [4.69, 9.17) is 0 Å². The number of likely N-dealkylation sites (tertiary alicyclic amines) is 1. The zero-order chi connectivity index (χ0) is 21.5. The first-order valence-corrected chi connectivity index (χ1v) is 10.1. The quantitative estimate of drug-likeness (QED) is 0.627. The number of nitrogens with zero attached hydrogens (tertiary/aromatic N) is 8. The molecular formula is C19H25F3N8. The smallest absolute Gasteiger partial charge is 0.296 e. The number of aromatic nitrogens is 7. The molecule has 4 rings (SSSR count). The van der Waals surface area contributed by atoms with Crippen LogP contribution in [0.1, 0.15) is 57.5 Å². The van der Waals surface area contributed by atoms with Gasteiger partial charge >= 0.3 is 6.18 Å². The summed E-state index contributed by atoms with van der Waals surface area (Å²) in [5, 5.41) is 20.3. The SMILES string of the molecule is CCC(C)(C)n1nnnc1CN1CCC(n2nnc3cc(C(F)(F)F)ccc32)CC1. The van der Waals surface area contributed by atoms with Gasteiger partial charge in [0.25, 0.3) is 0 Å². The summed E-state index contributed by atoms with van der Waals surface area (Å²) >= 11 is 0. The van der Waals surface area contributed by atoms with Gasteiger partial charge in [0.15, 0.2) is 5.82 Å². The number of benzene rings is 1. The highest BCUT2D eigenvalue weighted by Crippen LogP contribution is 2.32. The second-order valence-electron chi connectivity index (χ2n) is 8.42. The van der Waals surface area contributed by atoms with Crippen LogP contribution in [0.15, 0.2) is 18.2 Å². The van der Waals surface area contributed by atoms with Gasteiger partial charge in [0.2, 0.25) is 0 Å². The fourth-order valence-electron chi connectivity index (χ4n) is 3.83. The second kappa shape index (κ2) is 7.60. The Balaban J connectivity index is 1.44. The van der Waals surface area contributed by atoms with Crippen LogP contribution < -0.4 is 0 Å². The van der Waals surface area contributed by atoms with Crippen molar-refractivity contribution in [3.63, 3.8) is 0 Å². The van der Waals surface area contributed by atoms with Gasteiger partial charge in [-0.1, -0.05) is 12.1 Å². The highest BCUT2D eigenvalue weighted by atomic mass is 19.4. The third-order valence-electron chi connectivity index (χ3n) is 6.04. The molecule has 162 valence electrons. The number of fused-ring (bicyclic) bond motifs is 1. The van der Waals surface area contributed by atoms with E-state index in [2.05, 4.69) is 51.5 Å². The second-order valence-corrected chi connectivity index (χ2v) is 8.42. The van der Waals surface area contributed by atoms with Crippen LogP contribution >= 0.6 is 0 Å². The Hall–Kier alpha value is -2.56. The first kappa shape index (κ1) is 20.7. The van der Waals surface area contributed by atoms with Crippen molar-refractivity contribution in [2.24, 2.45) is 0 Å². The zero-order valence-electron chi connectivity index (χ0n) is 17.3. The zero-order valence-corrected chi connectivity index (χ0v) is 17.3. The third-order valence-corrected chi connectivity index (χ3v) is 6.04. The first-order chi connectivity index (χ1) is 14.2. The van der Waals surface area contributed by atoms with Crippen molar-refractivity contribution < 1.29 is 13.2 Å². The topological polar surface area (TPSA) is 77.5 Å². The van der Waals surface area contributed by atoms with Crippen molar-refractivity contribution in [2.75, 3.05) is 13.1 Å². The molecular weight excluding hydrogens is 397 g/mol. The third kappa shape index (κ3) is 3.90. The predicted molar refractivity (Wildman–Crippen MR) is 104 cm³/mol. The number of hydrogen-bond acceptors (Lipinski definition) is 6. The summed E-state index contributed by atoms with van der Waals surface area (Å²) in [4.78, 5) is 2.30. The molecule has 0 spiro atoms. The van der Waals surface area contributed by atoms with E-state index in [0.717, 1.165) is 50.3 Å². The van der Waals surface area contributed by atoms with Crippen LogP contribution in [-0.2, 0) is 18.3 Å². The van der Waals surface area contributed by atoms with E-state index in [1.54, 1.807) is 4.68 Å². The molecule has 1 aromatic carbocycles. The van der Waals surface area contributed by atoms with E-state index < -0.39 is 11.7 Å². The van der Waals surface area contributed by atoms with Gasteiger partial charge in [0.05, 0.1) is 29.2 Å². The van der Waals surface area contributed by atoms with Crippen LogP contribution in [-0.4, -0.2) is 53.2 Å². The summed E-state index contributed by atoms with van der Waals surface area (Å²) in [5.41, 5.74) is 0.0550. The van der Waals surface area contributed by atoms with E-state index in [1.165, 1.54) is 6.07 Å². The average Bonchev–Trinajstić information content (AvgIpc) is 3.35. The Kier molecular flexibility index (Phi) is 5.25. The monoisotopic (exact) mass is 422 g/mol. The molecule has 0 saturated carbocycles. The summed E-state index contributed by atoms with van der Waals surface area (Å²) in [6.45, 7) is 8.64. The number of hydrogen-bond donors (Lipinski definition) is 0. The molecule has 1 saturated heterocycles. The van der Waals surface area contributed by atoms with Crippen molar-refractivity contribution in [2.45, 2.75) is 64.3 Å². The minimum atomic E-state index is -4.38. The lowest BCUT2D eigenvalue weighted by atomic mass is 10.0. The van der Waals surface area contributed by atoms with Crippen molar-refractivity contribution in [3.05, 3.63) is 29.6 Å². The van der Waals surface area contributed by atoms with Crippen LogP contribution in [0.2, 0.25) is 0 Å². The maximum Gasteiger partial charge on any atom is 0.416 e. The van der Waals surface area contributed by atoms with Gasteiger partial charge < -0.3 is 0 Å². The molecule has 3 heterocycles. The van der Waals surface area contributed by atoms with Crippen molar-refractivity contribution >= 4 is 11.0 Å². The van der Waals surface area contributed by atoms with E-state index in [9.17, 15) is 13.2 Å². The lowest BCUT2D eigenvalue weighted by Crippen LogP contribution is -2.37. The summed E-state index contributed by atoms with van der Waals surface area (Å²) < 4.78 is 42.4. The molecule has 3 aromatic rings. The van der Waals surface area contributed by atoms with Crippen molar-refractivity contribution in [1.29, 1.82) is 0 Å². The van der Waals surface area contributed by atoms with Gasteiger partial charge in [0.1, 0.15) is 5.52 Å². The van der Waals surface area contributed by atoms with Crippen LogP contribution in [0.3, 0.4) is 0 Å². The maximum absolute atomic E-state index is 12.9. The lowest BCUT2D eigenvalue weighted by molar-refractivity contribution is -0.137. The normalized spacial score (nSPS) is 17.1. The molecule has 0 aliphatic carbocycles. The molecule has 0 N–H and O–H groups in total. The molecule has 0 unspecified atom stereocenters. The van der Waals surface area contributed by atoms with Gasteiger partial charge in [-0.2, -0.15) is 13.2 Å². The largest absolute Gasteiger partial charge is 0.416 e. The maximum atomic E-state index is 12.9. The van der Waals surface area contributed by atoms with Crippen LogP contribution in [0.4, 0.5) is 13.2 Å². The van der Waals surface area contributed by atoms with E-state index in [0.29, 0.717) is 12.1 Å². The van der Waals surface area contributed by atoms with Gasteiger partial charge in [-0.25, -0.2) is 9.36 Å². The molecule has 1 aliphatic heterocycles. The minimum absolute atomic E-state index is 0.103. The van der Waals surface area contributed by atoms with Crippen LogP contribution in [0, 0.1) is 0 Å². The van der Waals surface area contributed by atoms with E-state index >= 15 is 0 Å². The Morgan fingerprint density at radius 1 is 1.07 bits per heavy atom. The minimum Gasteiger partial charge on any atom is -0.296 e. The number of tetrazole rings is 1. The molecule has 0 radical (unpaired) electrons. The summed E-state index contributed by atoms with van der Waals surface area (Å²) in [5.74, 6) is 0.839. The van der Waals surface area contributed by atoms with Gasteiger partial charge in [-0.15, -0.1) is 10.2 Å². The van der Waals surface area contributed by atoms with Crippen molar-refractivity contribution in [1.82, 2.24) is 40.1 Å². The molecule has 1 aliphatic rings. The van der Waals surface area contributed by atoms with Crippen molar-refractivity contribution in [3.8, 4) is 0 Å². The fraction of sp³-hybridized carbons (Fsp3) is 0.632. The number of piperidine rings is 1. The summed E-state index contributed by atoms with van der Waals surface area (Å²) in [6, 6.07) is 3.72. The first-order valence-electron chi connectivity index (χ1n) is 10.1. The molecule has 2 aromatic heterocycles. The van der Waals surface area contributed by atoms with E-state index in [-0.39, 0.29) is 17.1 Å². The molecule has 30 heavy (non-hydrogen) atoms. The highest BCUT2D eigenvalue weighted by molar-refractivity contribution is 5.75. The van der Waals surface area contributed by atoms with Crippen LogP contribution in [0.25, 0.3) is 11.0 Å². The average molecular weight is 422 g/mol. The number of rotatable bonds is 5. The molecule has 8 nitrogen and oxygen atoms in total. The van der Waals surface area contributed by atoms with Gasteiger partial charge in [0, 0.05) is 13.1 Å². The Morgan fingerprint density at radius 3 is 2.47 bits per heavy atom. The van der Waals surface area contributed by atoms with Crippen LogP contribution in [0.5, 0.6) is 0 Å². The number of alkyl halides is 3.